The first kappa shape index (κ1) is 119. The summed E-state index contributed by atoms with van der Waals surface area (Å²) in [6, 6.07) is 13.2. The lowest BCUT2D eigenvalue weighted by molar-refractivity contribution is -0.390. The highest BCUT2D eigenvalue weighted by molar-refractivity contribution is 7.99. The van der Waals surface area contributed by atoms with Crippen molar-refractivity contribution < 1.29 is 240 Å². The van der Waals surface area contributed by atoms with Gasteiger partial charge in [0.1, 0.15) is 176 Å². The first-order valence-corrected chi connectivity index (χ1v) is 52.2. The van der Waals surface area contributed by atoms with Crippen molar-refractivity contribution in [1.82, 2.24) is 10.6 Å². The van der Waals surface area contributed by atoms with E-state index in [0.29, 0.717) is 5.75 Å². The summed E-state index contributed by atoms with van der Waals surface area (Å²) in [6.07, 6.45) is -77.1. The van der Waals surface area contributed by atoms with Crippen LogP contribution in [0.5, 0.6) is 0 Å². The van der Waals surface area contributed by atoms with Crippen LogP contribution in [0.25, 0.3) is 0 Å². The third-order valence-corrected chi connectivity index (χ3v) is 32.1. The number of hydrogen-bond donors (Lipinski definition) is 22. The number of benzene rings is 2. The van der Waals surface area contributed by atoms with Gasteiger partial charge >= 0.3 is 35.9 Å². The maximum Gasteiger partial charge on any atom is 0.408 e. The number of Topliss-reactive ketones (excluding diaryl/α,β-unsaturated/α-hetero) is 1. The number of carbonyl (C=O) groups excluding carboxylic acids is 8. The molecule has 45 atom stereocenters. The topological polar surface area (TPSA) is 759 Å². The fraction of sp³-hybridized carbons (Fsp3) is 0.773. The van der Waals surface area contributed by atoms with Gasteiger partial charge in [-0.25, -0.2) is 19.2 Å². The van der Waals surface area contributed by atoms with E-state index in [2.05, 4.69) is 10.6 Å². The minimum absolute atomic E-state index is 0.0333. The number of esters is 5. The summed E-state index contributed by atoms with van der Waals surface area (Å²) in [5.74, 6) is -10.6. The van der Waals surface area contributed by atoms with E-state index < -0.39 is 411 Å². The van der Waals surface area contributed by atoms with Crippen LogP contribution in [-0.2, 0) is 128 Å². The molecule has 25 aliphatic rings. The molecular weight excluding hydrogens is 2040 g/mol. The van der Waals surface area contributed by atoms with Crippen LogP contribution in [0.1, 0.15) is 130 Å². The lowest BCUT2D eigenvalue weighted by atomic mass is 9.44. The Morgan fingerprint density at radius 2 is 1.02 bits per heavy atom. The van der Waals surface area contributed by atoms with E-state index in [1.54, 1.807) is 26.0 Å². The molecule has 14 unspecified atom stereocenters. The van der Waals surface area contributed by atoms with Crippen molar-refractivity contribution in [1.29, 1.82) is 0 Å². The van der Waals surface area contributed by atoms with Crippen LogP contribution in [0.4, 0.5) is 4.79 Å². The molecule has 27 rings (SSSR count). The average molecular weight is 2180 g/mol. The lowest BCUT2D eigenvalue weighted by Gasteiger charge is -2.67. The number of hydrogen-bond acceptors (Lipinski definition) is 51. The first-order valence-electron chi connectivity index (χ1n) is 49.9. The number of ether oxygens (including phenoxy) is 21. The normalized spacial score (nSPS) is 41.8. The zero-order valence-electron chi connectivity index (χ0n) is 83.9. The fourth-order valence-electron chi connectivity index (χ4n) is 21.8. The second kappa shape index (κ2) is 50.0. The van der Waals surface area contributed by atoms with Gasteiger partial charge in [0.25, 0.3) is 0 Å². The molecule has 150 heavy (non-hydrogen) atoms. The number of alkyl carbamates (subject to hydrolysis) is 1. The van der Waals surface area contributed by atoms with E-state index in [1.807, 2.05) is 0 Å². The Balaban J connectivity index is 0.672. The van der Waals surface area contributed by atoms with Crippen LogP contribution < -0.4 is 10.6 Å². The van der Waals surface area contributed by atoms with Crippen LogP contribution in [0.15, 0.2) is 71.8 Å². The molecule has 53 heteroatoms. The molecule has 22 heterocycles. The smallest absolute Gasteiger partial charge is 0.408 e. The van der Waals surface area contributed by atoms with Crippen LogP contribution in [0, 0.1) is 22.7 Å². The molecule has 16 bridgehead atoms. The number of thioether (sulfide) groups is 2. The predicted molar refractivity (Wildman–Crippen MR) is 502 cm³/mol. The average Bonchev–Trinajstić information content (AvgIpc) is 0.666. The quantitative estimate of drug-likeness (QED) is 0.0214. The zero-order valence-corrected chi connectivity index (χ0v) is 85.5. The number of aliphatic hydroxyl groups excluding tert-OH is 19. The highest BCUT2D eigenvalue weighted by Crippen LogP contribution is 2.65. The molecule has 22 N–H and O–H groups in total. The van der Waals surface area contributed by atoms with Crippen LogP contribution >= 0.6 is 23.5 Å². The first-order chi connectivity index (χ1) is 71.0. The van der Waals surface area contributed by atoms with Gasteiger partial charge in [-0.2, -0.15) is 23.5 Å². The molecular formula is C97H140N2O49S2. The zero-order chi connectivity index (χ0) is 109. The Kier molecular flexibility index (Phi) is 39.6. The molecule has 0 spiro atoms. The molecule has 22 saturated heterocycles. The largest absolute Gasteiger partial charge is 0.455 e. The van der Waals surface area contributed by atoms with Gasteiger partial charge in [-0.15, -0.1) is 0 Å². The molecule has 0 aromatic heterocycles. The summed E-state index contributed by atoms with van der Waals surface area (Å²) in [7, 11) is 0. The van der Waals surface area contributed by atoms with Crippen molar-refractivity contribution in [3.8, 4) is 0 Å². The SMILES string of the molecule is CCSCC1O[C@@H]2O[C@@H]3C(CO)O[C@@H](C[C@H]3O)O[C@@H]3C(CO)O[C@H](O[C@@H]4C(CSCC(CC)C(=O)NCCC(=O)OCC(=O)O[C@@H](C(=O)O[C@H]5C[C@@]6(O)[C@@H](OC(=O)c7ccccc7)[C@@H]7[C@]8(OC(C)=O)CO[C@@H]8C[C@H](O)[C@@]7(C)C(=O)[C@H](O)C(=C5C)C6(C)C)[C@@H](NC(=O)OC(C)(C)C)c5ccccc5)O[C@H](O[C@H]5CC(O)[C@H](OC5CO)O[C@@H]5C(CO)O[C@H](O[C@@H]6C(CO)O[C@H](O[C@H]1[C@H](O)C2O)C(O)[C@H]6O)C(O)[C@H]5O)C(O)[C@H]4O)C(O)[C@H]3O. The number of ketones is 1. The standard InChI is InChI=1S/C97H140N2O49S2/c1-11-41(83(123)98-24-23-57(109)128-34-58(110)139-79(61(42-19-15-13-16-20-42)99-92(126)148-93(5,6)7)85(125)131-47-28-97(127)82(146-84(124)43-21-17-14-18-22-43)80-95(10,81(122)62(111)60(39(47)3)94(97,8)9)55(108)27-56-96(80,38-129-56)147-40(4)105)35-150-37-54-78-66(115)68(117)87(137-54)132-46-25-45(107)86(133-48(46)29-100)142-75-51(32-103)135-88(70(119)64(75)113)143-76-52(33-104)136-90(71(120)65(76)114)144-77-53(36-149-12-2)138-91(72(121)67(77)116)141-73-44(106)26-59(130-49(73)30-101)140-74-50(31-102)134-89(145-78)69(118)63(74)112/h13-22,41,44-56,59,61-80,82,86-91,100-104,106-108,111-121,127H,11-12,23-38H2,1-10H3,(H,98,123)(H,99,126)/t41?,44-,45?,46+,47+,48?,49?,50?,51?,52?,53?,54?,55+,56-,59-,61+,62-,63-,64-,65-,66-,67-,68?,69?,70?,71?,72?,73+,74-,75-,76-,77-,78-,79-,80+,82+,86-,87+,88-,89-,90-,91-,95-,96+,97-/m1/s1. The summed E-state index contributed by atoms with van der Waals surface area (Å²) in [4.78, 5) is 116. The highest BCUT2D eigenvalue weighted by atomic mass is 32.2. The summed E-state index contributed by atoms with van der Waals surface area (Å²) in [5.41, 5.74) is -10.1. The van der Waals surface area contributed by atoms with Crippen molar-refractivity contribution in [3.63, 3.8) is 0 Å². The molecule has 3 aliphatic carbocycles. The second-order valence-electron chi connectivity index (χ2n) is 41.1. The van der Waals surface area contributed by atoms with E-state index in [9.17, 15) is 131 Å². The molecule has 24 fully saturated rings. The van der Waals surface area contributed by atoms with Crippen molar-refractivity contribution in [2.24, 2.45) is 22.7 Å². The fourth-order valence-corrected chi connectivity index (χ4v) is 23.8. The molecule has 22 aliphatic heterocycles. The van der Waals surface area contributed by atoms with Gasteiger partial charge in [0.2, 0.25) is 12.0 Å². The van der Waals surface area contributed by atoms with E-state index in [0.717, 1.165) is 18.7 Å². The van der Waals surface area contributed by atoms with Crippen LogP contribution in [0.2, 0.25) is 0 Å². The van der Waals surface area contributed by atoms with Gasteiger partial charge < -0.3 is 212 Å². The summed E-state index contributed by atoms with van der Waals surface area (Å²) >= 11 is 2.20. The minimum Gasteiger partial charge on any atom is -0.455 e. The lowest BCUT2D eigenvalue weighted by Crippen LogP contribution is -2.81. The number of nitrogens with one attached hydrogen (secondary N) is 2. The van der Waals surface area contributed by atoms with E-state index in [-0.39, 0.29) is 52.4 Å². The second-order valence-corrected chi connectivity index (χ2v) is 43.5. The molecule has 51 nitrogen and oxygen atoms in total. The highest BCUT2D eigenvalue weighted by Gasteiger charge is 2.79. The Labute approximate surface area is 869 Å². The van der Waals surface area contributed by atoms with Gasteiger partial charge in [-0.3, -0.25) is 19.2 Å². The van der Waals surface area contributed by atoms with Crippen LogP contribution in [-0.4, -0.2) is 482 Å². The van der Waals surface area contributed by atoms with Crippen molar-refractivity contribution in [2.75, 3.05) is 75.8 Å². The third-order valence-electron chi connectivity index (χ3n) is 29.9. The minimum atomic E-state index is -2.63. The van der Waals surface area contributed by atoms with Crippen LogP contribution in [0.3, 0.4) is 0 Å². The van der Waals surface area contributed by atoms with Gasteiger partial charge in [0.15, 0.2) is 62.0 Å². The van der Waals surface area contributed by atoms with Crippen molar-refractivity contribution in [3.05, 3.63) is 82.9 Å². The Morgan fingerprint density at radius 3 is 1.52 bits per heavy atom. The number of fused-ring (bicyclic) bond motifs is 5. The summed E-state index contributed by atoms with van der Waals surface area (Å²) in [5, 5.41) is 240. The van der Waals surface area contributed by atoms with Crippen molar-refractivity contribution >= 4 is 71.2 Å². The maximum atomic E-state index is 15.6. The molecule has 844 valence electrons. The van der Waals surface area contributed by atoms with Gasteiger partial charge in [0, 0.05) is 67.7 Å². The Bertz CT molecular complexity index is 4900. The molecule has 2 aromatic rings. The van der Waals surface area contributed by atoms with Gasteiger partial charge in [-0.1, -0.05) is 76.2 Å². The number of carbonyl (C=O) groups is 8. The van der Waals surface area contributed by atoms with E-state index in [1.165, 1.54) is 109 Å². The van der Waals surface area contributed by atoms with E-state index in [4.69, 9.17) is 99.5 Å². The molecule has 0 radical (unpaired) electrons. The van der Waals surface area contributed by atoms with Gasteiger partial charge in [0.05, 0.1) is 93.5 Å². The number of rotatable bonds is 28. The Hall–Kier alpha value is -6.76. The summed E-state index contributed by atoms with van der Waals surface area (Å²) in [6.45, 7) is 7.46. The predicted octanol–water partition coefficient (Wildman–Crippen LogP) is -6.77. The summed E-state index contributed by atoms with van der Waals surface area (Å²) < 4.78 is 127. The van der Waals surface area contributed by atoms with Crippen molar-refractivity contribution in [2.45, 2.75) is 370 Å². The third kappa shape index (κ3) is 24.9. The monoisotopic (exact) mass is 2180 g/mol. The molecule has 2 saturated carbocycles. The van der Waals surface area contributed by atoms with Gasteiger partial charge in [-0.05, 0) is 75.6 Å². The van der Waals surface area contributed by atoms with E-state index >= 15 is 9.59 Å². The molecule has 2 amide bonds. The number of aliphatic hydroxyl groups is 20. The Morgan fingerprint density at radius 1 is 0.540 bits per heavy atom. The molecule has 2 aromatic carbocycles. The number of amides is 2. The maximum absolute atomic E-state index is 15.6.